The van der Waals surface area contributed by atoms with E-state index in [4.69, 9.17) is 4.74 Å². The maximum Gasteiger partial charge on any atom is 0.236 e. The van der Waals surface area contributed by atoms with Crippen LogP contribution < -0.4 is 20.3 Å². The second-order valence-electron chi connectivity index (χ2n) is 9.96. The molecule has 1 aliphatic heterocycles. The Kier molecular flexibility index (Phi) is 9.05. The fraction of sp³-hybridized carbons (Fsp3) is 0.407. The van der Waals surface area contributed by atoms with Gasteiger partial charge in [-0.1, -0.05) is 12.1 Å². The van der Waals surface area contributed by atoms with E-state index in [0.717, 1.165) is 18.8 Å². The predicted octanol–water partition coefficient (Wildman–Crippen LogP) is 2.76. The average molecular weight is 569 g/mol. The lowest BCUT2D eigenvalue weighted by Gasteiger charge is -2.36. The highest BCUT2D eigenvalue weighted by atomic mass is 32.2. The first-order valence-corrected chi connectivity index (χ1v) is 14.5. The third-order valence-electron chi connectivity index (χ3n) is 6.51. The minimum Gasteiger partial charge on any atom is -0.494 e. The Morgan fingerprint density at radius 1 is 1.00 bits per heavy atom. The first kappa shape index (κ1) is 29.0. The molecule has 2 aromatic carbocycles. The lowest BCUT2D eigenvalue weighted by molar-refractivity contribution is -0.132. The van der Waals surface area contributed by atoms with Crippen LogP contribution in [0.1, 0.15) is 13.8 Å². The molecule has 214 valence electrons. The van der Waals surface area contributed by atoms with Crippen molar-refractivity contribution in [2.75, 3.05) is 69.5 Å². The zero-order valence-corrected chi connectivity index (χ0v) is 24.3. The molecule has 0 bridgehead atoms. The third kappa shape index (κ3) is 6.77. The number of benzene rings is 2. The molecule has 4 rings (SSSR count). The molecule has 2 N–H and O–H groups in total. The number of nitrogens with one attached hydrogen (secondary N) is 2. The van der Waals surface area contributed by atoms with Crippen LogP contribution in [0.25, 0.3) is 0 Å². The number of anilines is 5. The first-order chi connectivity index (χ1) is 19.1. The van der Waals surface area contributed by atoms with Crippen LogP contribution >= 0.6 is 0 Å². The highest BCUT2D eigenvalue weighted by molar-refractivity contribution is 7.92. The number of carbonyl (C=O) groups excluding carboxylic acids is 1. The summed E-state index contributed by atoms with van der Waals surface area (Å²) < 4.78 is 31.3. The van der Waals surface area contributed by atoms with Crippen molar-refractivity contribution in [3.05, 3.63) is 48.8 Å². The van der Waals surface area contributed by atoms with E-state index < -0.39 is 15.1 Å². The lowest BCUT2D eigenvalue weighted by Crippen LogP contribution is -2.50. The van der Waals surface area contributed by atoms with Gasteiger partial charge in [-0.05, 0) is 52.2 Å². The Hall–Kier alpha value is -3.97. The molecule has 0 atom stereocenters. The smallest absolute Gasteiger partial charge is 0.236 e. The number of sulfone groups is 1. The van der Waals surface area contributed by atoms with Gasteiger partial charge < -0.3 is 30.1 Å². The standard InChI is InChI=1S/C27H36N8O4S/c1-19(2)40(37,38)24-9-7-6-8-22(24)31-27-29-18-28-26(32-27)30-21-11-10-20(16-23(21)39-5)34-12-14-35(15-13-34)25(36)17-33(3)4/h6-11,16,18-19H,12-15,17H2,1-5H3,(H2,28,29,30,31,32). The van der Waals surface area contributed by atoms with E-state index in [0.29, 0.717) is 36.8 Å². The van der Waals surface area contributed by atoms with Crippen molar-refractivity contribution in [1.29, 1.82) is 0 Å². The molecule has 0 spiro atoms. The van der Waals surface area contributed by atoms with Crippen molar-refractivity contribution < 1.29 is 17.9 Å². The molecule has 0 aliphatic carbocycles. The van der Waals surface area contributed by atoms with Gasteiger partial charge in [0.25, 0.3) is 0 Å². The normalized spacial score (nSPS) is 14.0. The number of amides is 1. The number of ether oxygens (including phenoxy) is 1. The molecule has 0 radical (unpaired) electrons. The minimum atomic E-state index is -3.51. The topological polar surface area (TPSA) is 133 Å². The number of carbonyl (C=O) groups is 1. The van der Waals surface area contributed by atoms with E-state index in [1.165, 1.54) is 6.33 Å². The van der Waals surface area contributed by atoms with Gasteiger partial charge >= 0.3 is 0 Å². The van der Waals surface area contributed by atoms with Gasteiger partial charge in [0.05, 0.1) is 35.2 Å². The number of hydrogen-bond donors (Lipinski definition) is 2. The van der Waals surface area contributed by atoms with Gasteiger partial charge in [-0.2, -0.15) is 4.98 Å². The zero-order valence-electron chi connectivity index (χ0n) is 23.5. The second kappa shape index (κ2) is 12.5. The van der Waals surface area contributed by atoms with Gasteiger partial charge in [0.1, 0.15) is 12.1 Å². The molecule has 12 nitrogen and oxygen atoms in total. The Bertz CT molecular complexity index is 1440. The summed E-state index contributed by atoms with van der Waals surface area (Å²) in [5.41, 5.74) is 2.04. The maximum absolute atomic E-state index is 12.8. The van der Waals surface area contributed by atoms with Crippen LogP contribution in [0.15, 0.2) is 53.7 Å². The van der Waals surface area contributed by atoms with Crippen LogP contribution in [0.2, 0.25) is 0 Å². The molecule has 40 heavy (non-hydrogen) atoms. The molecule has 0 unspecified atom stereocenters. The molecule has 2 heterocycles. The average Bonchev–Trinajstić information content (AvgIpc) is 2.93. The molecule has 13 heteroatoms. The number of likely N-dealkylation sites (N-methyl/N-ethyl adjacent to an activating group) is 1. The molecular weight excluding hydrogens is 532 g/mol. The van der Waals surface area contributed by atoms with E-state index >= 15 is 0 Å². The van der Waals surface area contributed by atoms with Crippen molar-refractivity contribution in [3.8, 4) is 5.75 Å². The number of aromatic nitrogens is 3. The van der Waals surface area contributed by atoms with Crippen molar-refractivity contribution in [1.82, 2.24) is 24.8 Å². The predicted molar refractivity (Wildman–Crippen MR) is 155 cm³/mol. The summed E-state index contributed by atoms with van der Waals surface area (Å²) in [6.45, 7) is 6.48. The molecule has 3 aromatic rings. The van der Waals surface area contributed by atoms with Crippen LogP contribution in [0.4, 0.5) is 29.0 Å². The summed E-state index contributed by atoms with van der Waals surface area (Å²) >= 11 is 0. The van der Waals surface area contributed by atoms with E-state index in [9.17, 15) is 13.2 Å². The third-order valence-corrected chi connectivity index (χ3v) is 8.72. The highest BCUT2D eigenvalue weighted by Crippen LogP contribution is 2.32. The number of rotatable bonds is 10. The van der Waals surface area contributed by atoms with Gasteiger partial charge in [0.2, 0.25) is 17.8 Å². The maximum atomic E-state index is 12.8. The van der Waals surface area contributed by atoms with Crippen LogP contribution in [-0.2, 0) is 14.6 Å². The van der Waals surface area contributed by atoms with Gasteiger partial charge in [-0.15, -0.1) is 0 Å². The van der Waals surface area contributed by atoms with Gasteiger partial charge in [-0.3, -0.25) is 4.79 Å². The van der Waals surface area contributed by atoms with Gasteiger partial charge in [-0.25, -0.2) is 18.4 Å². The summed E-state index contributed by atoms with van der Waals surface area (Å²) in [7, 11) is 1.87. The van der Waals surface area contributed by atoms with Crippen molar-refractivity contribution in [3.63, 3.8) is 0 Å². The molecule has 1 saturated heterocycles. The lowest BCUT2D eigenvalue weighted by atomic mass is 10.2. The van der Waals surface area contributed by atoms with Crippen LogP contribution in [0.3, 0.4) is 0 Å². The van der Waals surface area contributed by atoms with E-state index in [1.807, 2.05) is 42.1 Å². The van der Waals surface area contributed by atoms with E-state index in [2.05, 4.69) is 30.5 Å². The molecule has 1 fully saturated rings. The molecular formula is C27H36N8O4S. The van der Waals surface area contributed by atoms with Crippen LogP contribution in [0.5, 0.6) is 5.75 Å². The monoisotopic (exact) mass is 568 g/mol. The molecule has 0 saturated carbocycles. The van der Waals surface area contributed by atoms with Crippen molar-refractivity contribution in [2.45, 2.75) is 24.0 Å². The summed E-state index contributed by atoms with van der Waals surface area (Å²) in [6, 6.07) is 12.5. The second-order valence-corrected chi connectivity index (χ2v) is 12.4. The van der Waals surface area contributed by atoms with Crippen molar-refractivity contribution >= 4 is 44.7 Å². The van der Waals surface area contributed by atoms with E-state index in [-0.39, 0.29) is 22.7 Å². The number of nitrogens with zero attached hydrogens (tertiary/aromatic N) is 6. The highest BCUT2D eigenvalue weighted by Gasteiger charge is 2.24. The Balaban J connectivity index is 1.46. The number of methoxy groups -OCH3 is 1. The Labute approximate surface area is 235 Å². The van der Waals surface area contributed by atoms with Gasteiger partial charge in [0.15, 0.2) is 9.84 Å². The fourth-order valence-electron chi connectivity index (χ4n) is 4.29. The van der Waals surface area contributed by atoms with Crippen molar-refractivity contribution in [2.24, 2.45) is 0 Å². The van der Waals surface area contributed by atoms with Gasteiger partial charge in [0, 0.05) is 37.9 Å². The number of piperazine rings is 1. The summed E-state index contributed by atoms with van der Waals surface area (Å²) in [4.78, 5) is 31.3. The first-order valence-electron chi connectivity index (χ1n) is 13.0. The SMILES string of the molecule is COc1cc(N2CCN(C(=O)CN(C)C)CC2)ccc1Nc1ncnc(Nc2ccccc2S(=O)(=O)C(C)C)n1. The minimum absolute atomic E-state index is 0.137. The number of hydrogen-bond acceptors (Lipinski definition) is 11. The zero-order chi connectivity index (χ0) is 28.9. The summed E-state index contributed by atoms with van der Waals surface area (Å²) in [5, 5.41) is 5.60. The van der Waals surface area contributed by atoms with Crippen LogP contribution in [0, 0.1) is 0 Å². The summed E-state index contributed by atoms with van der Waals surface area (Å²) in [5.74, 6) is 1.20. The Morgan fingerprint density at radius 2 is 1.65 bits per heavy atom. The molecule has 1 aliphatic rings. The number of para-hydroxylation sites is 1. The Morgan fingerprint density at radius 3 is 2.27 bits per heavy atom. The quantitative estimate of drug-likeness (QED) is 0.374. The van der Waals surface area contributed by atoms with E-state index in [1.54, 1.807) is 45.2 Å². The summed E-state index contributed by atoms with van der Waals surface area (Å²) in [6.07, 6.45) is 1.34. The molecule has 1 amide bonds. The van der Waals surface area contributed by atoms with Crippen LogP contribution in [-0.4, -0.2) is 98.3 Å². The fourth-order valence-corrected chi connectivity index (χ4v) is 5.50. The molecule has 1 aromatic heterocycles. The largest absolute Gasteiger partial charge is 0.494 e.